The van der Waals surface area contributed by atoms with Crippen LogP contribution in [0.2, 0.25) is 0 Å². The molecule has 0 spiro atoms. The minimum absolute atomic E-state index is 0.167. The van der Waals surface area contributed by atoms with Gasteiger partial charge in [0, 0.05) is 19.1 Å². The maximum absolute atomic E-state index is 12.1. The molecule has 0 atom stereocenters. The van der Waals surface area contributed by atoms with E-state index >= 15 is 0 Å². The monoisotopic (exact) mass is 325 g/mol. The van der Waals surface area contributed by atoms with E-state index in [-0.39, 0.29) is 17.0 Å². The minimum atomic E-state index is -3.51. The highest BCUT2D eigenvalue weighted by molar-refractivity contribution is 7.89. The van der Waals surface area contributed by atoms with Crippen LogP contribution in [0.4, 0.5) is 4.79 Å². The normalized spacial score (nSPS) is 14.9. The van der Waals surface area contributed by atoms with Gasteiger partial charge in [0.25, 0.3) is 0 Å². The lowest BCUT2D eigenvalue weighted by molar-refractivity contribution is 0.240. The molecule has 0 radical (unpaired) electrons. The number of hydrogen-bond donors (Lipinski definition) is 3. The van der Waals surface area contributed by atoms with E-state index in [1.54, 1.807) is 38.1 Å². The summed E-state index contributed by atoms with van der Waals surface area (Å²) in [6, 6.07) is 6.19. The number of amides is 2. The summed E-state index contributed by atoms with van der Waals surface area (Å²) in [4.78, 5) is 11.8. The van der Waals surface area contributed by atoms with Crippen molar-refractivity contribution < 1.29 is 13.2 Å². The molecule has 1 aromatic rings. The van der Waals surface area contributed by atoms with Gasteiger partial charge in [-0.2, -0.15) is 0 Å². The highest BCUT2D eigenvalue weighted by atomic mass is 32.2. The topological polar surface area (TPSA) is 87.3 Å². The number of carbonyl (C=O) groups is 1. The fraction of sp³-hybridized carbons (Fsp3) is 0.533. The Labute approximate surface area is 131 Å². The van der Waals surface area contributed by atoms with Gasteiger partial charge in [0.1, 0.15) is 0 Å². The molecule has 0 bridgehead atoms. The second-order valence-corrected chi connectivity index (χ2v) is 7.64. The minimum Gasteiger partial charge on any atom is -0.338 e. The fourth-order valence-electron chi connectivity index (χ4n) is 2.00. The summed E-state index contributed by atoms with van der Waals surface area (Å²) < 4.78 is 26.8. The van der Waals surface area contributed by atoms with Crippen LogP contribution in [-0.2, 0) is 16.6 Å². The average Bonchev–Trinajstić information content (AvgIpc) is 3.26. The van der Waals surface area contributed by atoms with E-state index in [0.717, 1.165) is 5.56 Å². The van der Waals surface area contributed by atoms with E-state index < -0.39 is 10.0 Å². The number of benzene rings is 1. The van der Waals surface area contributed by atoms with Crippen molar-refractivity contribution in [1.29, 1.82) is 0 Å². The Hall–Kier alpha value is -1.60. The first-order valence-electron chi connectivity index (χ1n) is 7.50. The first kappa shape index (κ1) is 16.8. The van der Waals surface area contributed by atoms with Gasteiger partial charge in [-0.25, -0.2) is 17.9 Å². The third-order valence-corrected chi connectivity index (χ3v) is 4.96. The quantitative estimate of drug-likeness (QED) is 0.711. The Balaban J connectivity index is 1.91. The Kier molecular flexibility index (Phi) is 5.42. The Morgan fingerprint density at radius 2 is 2.00 bits per heavy atom. The Bertz CT molecular complexity index is 625. The van der Waals surface area contributed by atoms with Gasteiger partial charge in [-0.3, -0.25) is 0 Å². The van der Waals surface area contributed by atoms with Crippen LogP contribution in [0.5, 0.6) is 0 Å². The molecule has 1 fully saturated rings. The lowest BCUT2D eigenvalue weighted by atomic mass is 10.2. The summed E-state index contributed by atoms with van der Waals surface area (Å²) in [5.74, 6) is 0.626. The molecule has 7 heteroatoms. The number of hydrogen-bond acceptors (Lipinski definition) is 3. The smallest absolute Gasteiger partial charge is 0.315 e. The van der Waals surface area contributed by atoms with E-state index in [9.17, 15) is 13.2 Å². The molecule has 0 aliphatic heterocycles. The molecule has 1 saturated carbocycles. The maximum atomic E-state index is 12.1. The van der Waals surface area contributed by atoms with Crippen molar-refractivity contribution in [1.82, 2.24) is 15.4 Å². The van der Waals surface area contributed by atoms with Gasteiger partial charge < -0.3 is 10.6 Å². The summed E-state index contributed by atoms with van der Waals surface area (Å²) in [5, 5.41) is 5.54. The predicted molar refractivity (Wildman–Crippen MR) is 84.9 cm³/mol. The largest absolute Gasteiger partial charge is 0.338 e. The highest BCUT2D eigenvalue weighted by Crippen LogP contribution is 2.27. The van der Waals surface area contributed by atoms with Gasteiger partial charge in [0.2, 0.25) is 10.0 Å². The molecule has 0 saturated heterocycles. The van der Waals surface area contributed by atoms with Gasteiger partial charge in [-0.05, 0) is 50.3 Å². The van der Waals surface area contributed by atoms with Crippen LogP contribution in [0.25, 0.3) is 0 Å². The van der Waals surface area contributed by atoms with Crippen LogP contribution in [0.3, 0.4) is 0 Å². The van der Waals surface area contributed by atoms with Crippen molar-refractivity contribution in [2.24, 2.45) is 5.92 Å². The second-order valence-electron chi connectivity index (χ2n) is 5.93. The zero-order valence-corrected chi connectivity index (χ0v) is 13.7. The third-order valence-electron chi connectivity index (χ3n) is 3.30. The zero-order chi connectivity index (χ0) is 16.2. The molecule has 0 heterocycles. The molecule has 1 aliphatic rings. The van der Waals surface area contributed by atoms with Crippen LogP contribution in [0.1, 0.15) is 32.3 Å². The van der Waals surface area contributed by atoms with Crippen molar-refractivity contribution in [3.8, 4) is 0 Å². The molecule has 6 nitrogen and oxygen atoms in total. The van der Waals surface area contributed by atoms with Crippen molar-refractivity contribution in [3.63, 3.8) is 0 Å². The Morgan fingerprint density at radius 3 is 2.64 bits per heavy atom. The van der Waals surface area contributed by atoms with E-state index in [1.807, 2.05) is 0 Å². The summed E-state index contributed by atoms with van der Waals surface area (Å²) in [5.41, 5.74) is 0.744. The third kappa shape index (κ3) is 5.31. The maximum Gasteiger partial charge on any atom is 0.315 e. The first-order valence-corrected chi connectivity index (χ1v) is 8.98. The lowest BCUT2D eigenvalue weighted by Crippen LogP contribution is -2.36. The Morgan fingerprint density at radius 1 is 1.27 bits per heavy atom. The number of urea groups is 1. The van der Waals surface area contributed by atoms with Gasteiger partial charge in [0.15, 0.2) is 0 Å². The van der Waals surface area contributed by atoms with Crippen molar-refractivity contribution in [2.75, 3.05) is 6.54 Å². The average molecular weight is 325 g/mol. The molecule has 3 N–H and O–H groups in total. The molecular formula is C15H23N3O3S. The lowest BCUT2D eigenvalue weighted by Gasteiger charge is -2.11. The molecule has 1 aliphatic carbocycles. The number of rotatable bonds is 7. The predicted octanol–water partition coefficient (Wildman–Crippen LogP) is 1.58. The van der Waals surface area contributed by atoms with E-state index in [2.05, 4.69) is 15.4 Å². The van der Waals surface area contributed by atoms with E-state index in [0.29, 0.717) is 19.0 Å². The van der Waals surface area contributed by atoms with Crippen LogP contribution in [-0.4, -0.2) is 27.0 Å². The van der Waals surface area contributed by atoms with Gasteiger partial charge in [0.05, 0.1) is 4.90 Å². The van der Waals surface area contributed by atoms with Crippen LogP contribution in [0, 0.1) is 5.92 Å². The fourth-order valence-corrected chi connectivity index (χ4v) is 3.33. The number of carbonyl (C=O) groups excluding carboxylic acids is 1. The SMILES string of the molecule is CC(C)NS(=O)(=O)c1cccc(CNC(=O)NCC2CC2)c1. The van der Waals surface area contributed by atoms with Crippen LogP contribution in [0.15, 0.2) is 29.2 Å². The molecule has 122 valence electrons. The van der Waals surface area contributed by atoms with Crippen LogP contribution < -0.4 is 15.4 Å². The zero-order valence-electron chi connectivity index (χ0n) is 12.9. The van der Waals surface area contributed by atoms with E-state index in [1.165, 1.54) is 12.8 Å². The summed E-state index contributed by atoms with van der Waals surface area (Å²) in [6.07, 6.45) is 2.37. The van der Waals surface area contributed by atoms with Gasteiger partial charge >= 0.3 is 6.03 Å². The molecule has 0 aromatic heterocycles. The number of nitrogens with one attached hydrogen (secondary N) is 3. The molecule has 0 unspecified atom stereocenters. The highest BCUT2D eigenvalue weighted by Gasteiger charge is 2.21. The summed E-state index contributed by atoms with van der Waals surface area (Å²) in [7, 11) is -3.51. The number of sulfonamides is 1. The standard InChI is InChI=1S/C15H23N3O3S/c1-11(2)18-22(20,21)14-5-3-4-13(8-14)10-17-15(19)16-9-12-6-7-12/h3-5,8,11-12,18H,6-7,9-10H2,1-2H3,(H2,16,17,19). The summed E-state index contributed by atoms with van der Waals surface area (Å²) >= 11 is 0. The van der Waals surface area contributed by atoms with Gasteiger partial charge in [-0.15, -0.1) is 0 Å². The first-order chi connectivity index (χ1) is 10.4. The van der Waals surface area contributed by atoms with E-state index in [4.69, 9.17) is 0 Å². The molecule has 2 rings (SSSR count). The molecule has 22 heavy (non-hydrogen) atoms. The van der Waals surface area contributed by atoms with Crippen molar-refractivity contribution in [2.45, 2.75) is 44.2 Å². The molecule has 1 aromatic carbocycles. The molecular weight excluding hydrogens is 302 g/mol. The second kappa shape index (κ2) is 7.11. The molecule has 2 amide bonds. The van der Waals surface area contributed by atoms with Crippen LogP contribution >= 0.6 is 0 Å². The van der Waals surface area contributed by atoms with Crippen molar-refractivity contribution >= 4 is 16.1 Å². The van der Waals surface area contributed by atoms with Crippen molar-refractivity contribution in [3.05, 3.63) is 29.8 Å². The van der Waals surface area contributed by atoms with Gasteiger partial charge in [-0.1, -0.05) is 12.1 Å². The summed E-state index contributed by atoms with van der Waals surface area (Å²) in [6.45, 7) is 4.54.